The molecule has 110 valence electrons. The van der Waals surface area contributed by atoms with Crippen molar-refractivity contribution in [2.45, 2.75) is 19.4 Å². The van der Waals surface area contributed by atoms with Gasteiger partial charge in [-0.3, -0.25) is 4.79 Å². The smallest absolute Gasteiger partial charge is 0.197 e. The molecule has 2 heterocycles. The van der Waals surface area contributed by atoms with Crippen molar-refractivity contribution in [3.05, 3.63) is 58.3 Å². The summed E-state index contributed by atoms with van der Waals surface area (Å²) in [6.07, 6.45) is 4.06. The van der Waals surface area contributed by atoms with E-state index in [-0.39, 0.29) is 11.0 Å². The molecular weight excluding hydrogens is 274 g/mol. The lowest BCUT2D eigenvalue weighted by Crippen LogP contribution is -2.27. The summed E-state index contributed by atoms with van der Waals surface area (Å²) < 4.78 is 8.09. The molecule has 1 aliphatic heterocycles. The molecule has 0 saturated carbocycles. The molecule has 0 unspecified atom stereocenters. The van der Waals surface area contributed by atoms with Gasteiger partial charge in [0.15, 0.2) is 5.43 Å². The fourth-order valence-electron chi connectivity index (χ4n) is 3.10. The molecule has 0 radical (unpaired) electrons. The van der Waals surface area contributed by atoms with Crippen LogP contribution in [0.2, 0.25) is 0 Å². The Morgan fingerprint density at radius 3 is 2.64 bits per heavy atom. The number of hydrogen-bond acceptors (Lipinski definition) is 2. The van der Waals surface area contributed by atoms with Crippen molar-refractivity contribution in [3.8, 4) is 5.75 Å². The zero-order valence-corrected chi connectivity index (χ0v) is 12.9. The van der Waals surface area contributed by atoms with Gasteiger partial charge in [0.05, 0.1) is 11.0 Å². The number of pyridine rings is 1. The van der Waals surface area contributed by atoms with E-state index in [9.17, 15) is 4.79 Å². The van der Waals surface area contributed by atoms with Gasteiger partial charge in [0, 0.05) is 29.4 Å². The van der Waals surface area contributed by atoms with Gasteiger partial charge >= 0.3 is 0 Å². The van der Waals surface area contributed by atoms with E-state index in [4.69, 9.17) is 4.74 Å². The second-order valence-corrected chi connectivity index (χ2v) is 6.35. The van der Waals surface area contributed by atoms with E-state index in [1.54, 1.807) is 0 Å². The van der Waals surface area contributed by atoms with Crippen LogP contribution in [0.1, 0.15) is 19.4 Å². The number of fused-ring (bicyclic) bond motifs is 3. The molecular formula is C19H17NO2. The summed E-state index contributed by atoms with van der Waals surface area (Å²) in [7, 11) is 1.99. The molecule has 3 nitrogen and oxygen atoms in total. The monoisotopic (exact) mass is 291 g/mol. The molecule has 1 aliphatic rings. The zero-order valence-electron chi connectivity index (χ0n) is 12.9. The van der Waals surface area contributed by atoms with Crippen molar-refractivity contribution in [2.75, 3.05) is 0 Å². The maximum Gasteiger partial charge on any atom is 0.197 e. The Morgan fingerprint density at radius 1 is 1.05 bits per heavy atom. The summed E-state index contributed by atoms with van der Waals surface area (Å²) in [6.45, 7) is 4.05. The number of aryl methyl sites for hydroxylation is 1. The first-order chi connectivity index (χ1) is 10.5. The predicted octanol–water partition coefficient (Wildman–Crippen LogP) is 3.88. The van der Waals surface area contributed by atoms with Crippen LogP contribution < -0.4 is 10.2 Å². The predicted molar refractivity (Wildman–Crippen MR) is 90.4 cm³/mol. The van der Waals surface area contributed by atoms with Crippen molar-refractivity contribution in [1.82, 2.24) is 4.57 Å². The SMILES string of the molecule is Cn1c2ccccc2c(=O)c2cc3c(cc21)OC(C)(C)C=C3. The second kappa shape index (κ2) is 4.23. The first-order valence-electron chi connectivity index (χ1n) is 7.40. The van der Waals surface area contributed by atoms with E-state index in [1.165, 1.54) is 0 Å². The second-order valence-electron chi connectivity index (χ2n) is 6.35. The molecule has 2 aromatic carbocycles. The summed E-state index contributed by atoms with van der Waals surface area (Å²) in [4.78, 5) is 12.8. The van der Waals surface area contributed by atoms with Gasteiger partial charge in [0.1, 0.15) is 11.4 Å². The lowest BCUT2D eigenvalue weighted by Gasteiger charge is -2.28. The topological polar surface area (TPSA) is 31.2 Å². The quantitative estimate of drug-likeness (QED) is 0.589. The summed E-state index contributed by atoms with van der Waals surface area (Å²) in [5.74, 6) is 0.824. The Bertz CT molecular complexity index is 1010. The molecule has 1 aromatic heterocycles. The maximum atomic E-state index is 12.8. The first kappa shape index (κ1) is 13.1. The number of nitrogens with zero attached hydrogens (tertiary/aromatic N) is 1. The van der Waals surface area contributed by atoms with E-state index in [2.05, 4.69) is 4.57 Å². The Morgan fingerprint density at radius 2 is 1.82 bits per heavy atom. The molecule has 3 aromatic rings. The van der Waals surface area contributed by atoms with Gasteiger partial charge in [0.25, 0.3) is 0 Å². The number of ether oxygens (including phenoxy) is 1. The van der Waals surface area contributed by atoms with Crippen molar-refractivity contribution >= 4 is 27.9 Å². The van der Waals surface area contributed by atoms with Gasteiger partial charge in [-0.2, -0.15) is 0 Å². The zero-order chi connectivity index (χ0) is 15.5. The minimum Gasteiger partial charge on any atom is -0.483 e. The fourth-order valence-corrected chi connectivity index (χ4v) is 3.10. The van der Waals surface area contributed by atoms with Gasteiger partial charge < -0.3 is 9.30 Å². The minimum atomic E-state index is -0.323. The van der Waals surface area contributed by atoms with Gasteiger partial charge in [-0.15, -0.1) is 0 Å². The molecule has 0 bridgehead atoms. The lowest BCUT2D eigenvalue weighted by atomic mass is 10.00. The summed E-state index contributed by atoms with van der Waals surface area (Å²) >= 11 is 0. The van der Waals surface area contributed by atoms with E-state index in [0.29, 0.717) is 0 Å². The van der Waals surface area contributed by atoms with Gasteiger partial charge in [-0.25, -0.2) is 0 Å². The molecule has 3 heteroatoms. The molecule has 0 spiro atoms. The molecule has 0 fully saturated rings. The molecule has 0 aliphatic carbocycles. The summed E-state index contributed by atoms with van der Waals surface area (Å²) in [5.41, 5.74) is 2.54. The van der Waals surface area contributed by atoms with Crippen LogP contribution in [0.15, 0.2) is 47.3 Å². The molecule has 0 atom stereocenters. The molecule has 4 rings (SSSR count). The Balaban J connectivity index is 2.15. The normalized spacial score (nSPS) is 15.8. The van der Waals surface area contributed by atoms with Crippen molar-refractivity contribution in [3.63, 3.8) is 0 Å². The van der Waals surface area contributed by atoms with Crippen LogP contribution in [-0.2, 0) is 7.05 Å². The Kier molecular flexibility index (Phi) is 2.52. The van der Waals surface area contributed by atoms with E-state index in [0.717, 1.165) is 33.1 Å². The highest BCUT2D eigenvalue weighted by Gasteiger charge is 2.23. The van der Waals surface area contributed by atoms with Crippen LogP contribution in [-0.4, -0.2) is 10.2 Å². The molecule has 22 heavy (non-hydrogen) atoms. The highest BCUT2D eigenvalue weighted by atomic mass is 16.5. The van der Waals surface area contributed by atoms with Crippen molar-refractivity contribution in [2.24, 2.45) is 7.05 Å². The van der Waals surface area contributed by atoms with Crippen LogP contribution >= 0.6 is 0 Å². The van der Waals surface area contributed by atoms with Crippen LogP contribution in [0.5, 0.6) is 5.75 Å². The van der Waals surface area contributed by atoms with Gasteiger partial charge in [-0.1, -0.05) is 18.2 Å². The Labute approximate surface area is 128 Å². The van der Waals surface area contributed by atoms with Crippen LogP contribution in [0.25, 0.3) is 27.9 Å². The van der Waals surface area contributed by atoms with Gasteiger partial charge in [0.2, 0.25) is 0 Å². The number of hydrogen-bond donors (Lipinski definition) is 0. The first-order valence-corrected chi connectivity index (χ1v) is 7.40. The van der Waals surface area contributed by atoms with Crippen LogP contribution in [0, 0.1) is 0 Å². The molecule has 0 saturated heterocycles. The van der Waals surface area contributed by atoms with Crippen LogP contribution in [0.3, 0.4) is 0 Å². The number of benzene rings is 2. The van der Waals surface area contributed by atoms with E-state index >= 15 is 0 Å². The maximum absolute atomic E-state index is 12.8. The van der Waals surface area contributed by atoms with E-state index < -0.39 is 0 Å². The van der Waals surface area contributed by atoms with Gasteiger partial charge in [-0.05, 0) is 38.1 Å². The largest absolute Gasteiger partial charge is 0.483 e. The third-order valence-corrected chi connectivity index (χ3v) is 4.28. The van der Waals surface area contributed by atoms with E-state index in [1.807, 2.05) is 69.4 Å². The standard InChI is InChI=1S/C19H17NO2/c1-19(2)9-8-12-10-14-16(11-17(12)22-19)20(3)15-7-5-4-6-13(15)18(14)21/h4-11H,1-3H3. The fraction of sp³-hybridized carbons (Fsp3) is 0.211. The average Bonchev–Trinajstić information content (AvgIpc) is 2.50. The Hall–Kier alpha value is -2.55. The van der Waals surface area contributed by atoms with Crippen LogP contribution in [0.4, 0.5) is 0 Å². The highest BCUT2D eigenvalue weighted by Crippen LogP contribution is 2.34. The van der Waals surface area contributed by atoms with Crippen molar-refractivity contribution < 1.29 is 4.74 Å². The third-order valence-electron chi connectivity index (χ3n) is 4.28. The van der Waals surface area contributed by atoms with Crippen molar-refractivity contribution in [1.29, 1.82) is 0 Å². The average molecular weight is 291 g/mol. The summed E-state index contributed by atoms with van der Waals surface area (Å²) in [5, 5.41) is 1.48. The molecule has 0 N–H and O–H groups in total. The number of aromatic nitrogens is 1. The molecule has 0 amide bonds. The lowest BCUT2D eigenvalue weighted by molar-refractivity contribution is 0.159. The number of rotatable bonds is 0. The summed E-state index contributed by atoms with van der Waals surface area (Å²) in [6, 6.07) is 11.6. The highest BCUT2D eigenvalue weighted by molar-refractivity contribution is 5.95. The number of para-hydroxylation sites is 1. The third kappa shape index (κ3) is 1.78. The minimum absolute atomic E-state index is 0.0738.